The maximum Gasteiger partial charge on any atom is 0.205 e. The van der Waals surface area contributed by atoms with E-state index in [2.05, 4.69) is 22.7 Å². The van der Waals surface area contributed by atoms with Crippen LogP contribution < -0.4 is 4.74 Å². The molecule has 0 aliphatic rings. The van der Waals surface area contributed by atoms with E-state index in [1.54, 1.807) is 18.1 Å². The van der Waals surface area contributed by atoms with E-state index >= 15 is 0 Å². The van der Waals surface area contributed by atoms with Gasteiger partial charge in [-0.1, -0.05) is 12.1 Å². The number of ether oxygens (including phenoxy) is 1. The zero-order chi connectivity index (χ0) is 9.97. The second kappa shape index (κ2) is 3.71. The van der Waals surface area contributed by atoms with Crippen LogP contribution in [0, 0.1) is 0 Å². The number of hydrogen-bond acceptors (Lipinski definition) is 4. The Kier molecular flexibility index (Phi) is 2.41. The van der Waals surface area contributed by atoms with Crippen LogP contribution in [0.3, 0.4) is 0 Å². The molecule has 5 heteroatoms. The first-order valence-corrected chi connectivity index (χ1v) is 4.50. The summed E-state index contributed by atoms with van der Waals surface area (Å²) in [6.07, 6.45) is 1.60. The fourth-order valence-corrected chi connectivity index (χ4v) is 1.34. The predicted molar refractivity (Wildman–Crippen MR) is 55.2 cm³/mol. The molecule has 0 bridgehead atoms. The molecule has 72 valence electrons. The van der Waals surface area contributed by atoms with Crippen LogP contribution >= 0.6 is 12.6 Å². The van der Waals surface area contributed by atoms with E-state index in [0.717, 1.165) is 11.4 Å². The van der Waals surface area contributed by atoms with E-state index in [1.165, 1.54) is 0 Å². The smallest absolute Gasteiger partial charge is 0.205 e. The number of para-hydroxylation sites is 2. The van der Waals surface area contributed by atoms with Crippen molar-refractivity contribution in [3.63, 3.8) is 0 Å². The lowest BCUT2D eigenvalue weighted by Gasteiger charge is -2.06. The summed E-state index contributed by atoms with van der Waals surface area (Å²) in [7, 11) is 1.62. The Morgan fingerprint density at radius 1 is 1.36 bits per heavy atom. The number of methoxy groups -OCH3 is 1. The number of aromatic nitrogens is 3. The molecule has 0 atom stereocenters. The molecule has 1 heterocycles. The Labute approximate surface area is 86.9 Å². The van der Waals surface area contributed by atoms with E-state index in [9.17, 15) is 0 Å². The van der Waals surface area contributed by atoms with Crippen LogP contribution in [0.5, 0.6) is 5.75 Å². The summed E-state index contributed by atoms with van der Waals surface area (Å²) in [5.41, 5.74) is 0.850. The average molecular weight is 207 g/mol. The van der Waals surface area contributed by atoms with Gasteiger partial charge in [-0.25, -0.2) is 9.67 Å². The van der Waals surface area contributed by atoms with Crippen molar-refractivity contribution in [2.45, 2.75) is 5.16 Å². The van der Waals surface area contributed by atoms with Gasteiger partial charge < -0.3 is 4.74 Å². The Bertz CT molecular complexity index is 441. The van der Waals surface area contributed by atoms with Gasteiger partial charge in [-0.2, -0.15) is 0 Å². The van der Waals surface area contributed by atoms with Gasteiger partial charge >= 0.3 is 0 Å². The zero-order valence-electron chi connectivity index (χ0n) is 7.58. The average Bonchev–Trinajstić information content (AvgIpc) is 2.65. The van der Waals surface area contributed by atoms with E-state index in [0.29, 0.717) is 5.16 Å². The lowest BCUT2D eigenvalue weighted by atomic mass is 10.3. The normalized spacial score (nSPS) is 10.1. The number of rotatable bonds is 2. The summed E-state index contributed by atoms with van der Waals surface area (Å²) < 4.78 is 6.82. The fourth-order valence-electron chi connectivity index (χ4n) is 1.19. The summed E-state index contributed by atoms with van der Waals surface area (Å²) >= 11 is 4.04. The molecule has 1 aromatic heterocycles. The van der Waals surface area contributed by atoms with Gasteiger partial charge in [0.2, 0.25) is 5.16 Å². The highest BCUT2D eigenvalue weighted by atomic mass is 32.1. The van der Waals surface area contributed by atoms with Crippen molar-refractivity contribution in [2.75, 3.05) is 7.11 Å². The molecule has 14 heavy (non-hydrogen) atoms. The van der Waals surface area contributed by atoms with Crippen molar-refractivity contribution in [1.82, 2.24) is 14.8 Å². The summed E-state index contributed by atoms with van der Waals surface area (Å²) in [6, 6.07) is 7.59. The van der Waals surface area contributed by atoms with Crippen LogP contribution in [0.25, 0.3) is 5.69 Å². The van der Waals surface area contributed by atoms with Gasteiger partial charge in [0.15, 0.2) is 0 Å². The molecule has 2 rings (SSSR count). The van der Waals surface area contributed by atoms with Crippen molar-refractivity contribution >= 4 is 12.6 Å². The topological polar surface area (TPSA) is 39.9 Å². The first-order valence-electron chi connectivity index (χ1n) is 4.05. The molecule has 0 amide bonds. The largest absolute Gasteiger partial charge is 0.494 e. The zero-order valence-corrected chi connectivity index (χ0v) is 8.48. The molecular formula is C9H9N3OS. The van der Waals surface area contributed by atoms with Crippen LogP contribution in [0.15, 0.2) is 35.7 Å². The van der Waals surface area contributed by atoms with Gasteiger partial charge in [0, 0.05) is 0 Å². The quantitative estimate of drug-likeness (QED) is 0.760. The van der Waals surface area contributed by atoms with Crippen LogP contribution in [-0.2, 0) is 0 Å². The summed E-state index contributed by atoms with van der Waals surface area (Å²) in [5.74, 6) is 0.755. The minimum absolute atomic E-state index is 0.441. The summed E-state index contributed by atoms with van der Waals surface area (Å²) in [5, 5.41) is 4.52. The first kappa shape index (κ1) is 9.08. The highest BCUT2D eigenvalue weighted by Crippen LogP contribution is 2.20. The maximum absolute atomic E-state index is 5.20. The second-order valence-corrected chi connectivity index (χ2v) is 3.06. The van der Waals surface area contributed by atoms with Crippen molar-refractivity contribution in [3.05, 3.63) is 30.6 Å². The Hall–Kier alpha value is -1.49. The molecule has 4 nitrogen and oxygen atoms in total. The summed E-state index contributed by atoms with van der Waals surface area (Å²) in [4.78, 5) is 3.93. The lowest BCUT2D eigenvalue weighted by Crippen LogP contribution is -1.97. The first-order chi connectivity index (χ1) is 6.81. The van der Waals surface area contributed by atoms with Crippen LogP contribution in [0.2, 0.25) is 0 Å². The van der Waals surface area contributed by atoms with E-state index in [4.69, 9.17) is 4.74 Å². The van der Waals surface area contributed by atoms with Gasteiger partial charge in [-0.05, 0) is 12.1 Å². The monoisotopic (exact) mass is 207 g/mol. The van der Waals surface area contributed by atoms with Crippen LogP contribution in [-0.4, -0.2) is 21.9 Å². The van der Waals surface area contributed by atoms with E-state index in [-0.39, 0.29) is 0 Å². The molecule has 0 N–H and O–H groups in total. The van der Waals surface area contributed by atoms with Gasteiger partial charge in [0.05, 0.1) is 7.11 Å². The molecule has 0 saturated carbocycles. The van der Waals surface area contributed by atoms with Gasteiger partial charge in [-0.15, -0.1) is 17.7 Å². The lowest BCUT2D eigenvalue weighted by molar-refractivity contribution is 0.411. The van der Waals surface area contributed by atoms with Crippen molar-refractivity contribution in [3.8, 4) is 11.4 Å². The molecule has 2 aromatic rings. The predicted octanol–water partition coefficient (Wildman–Crippen LogP) is 1.56. The molecule has 0 fully saturated rings. The van der Waals surface area contributed by atoms with E-state index in [1.807, 2.05) is 24.3 Å². The Balaban J connectivity index is 2.50. The standard InChI is InChI=1S/C9H9N3OS/c1-13-8-5-3-2-4-7(8)12-6-10-9(14)11-12/h2-6H,1H3,(H,11,14). The Morgan fingerprint density at radius 3 is 2.79 bits per heavy atom. The second-order valence-electron chi connectivity index (χ2n) is 2.66. The number of nitrogens with zero attached hydrogens (tertiary/aromatic N) is 3. The van der Waals surface area contributed by atoms with E-state index < -0.39 is 0 Å². The van der Waals surface area contributed by atoms with Gasteiger partial charge in [0.1, 0.15) is 17.8 Å². The van der Waals surface area contributed by atoms with Gasteiger partial charge in [0.25, 0.3) is 0 Å². The summed E-state index contributed by atoms with van der Waals surface area (Å²) in [6.45, 7) is 0. The molecular weight excluding hydrogens is 198 g/mol. The highest BCUT2D eigenvalue weighted by molar-refractivity contribution is 7.80. The number of thiol groups is 1. The van der Waals surface area contributed by atoms with Crippen LogP contribution in [0.1, 0.15) is 0 Å². The minimum Gasteiger partial charge on any atom is -0.494 e. The molecule has 1 aromatic carbocycles. The minimum atomic E-state index is 0.441. The fraction of sp³-hybridized carbons (Fsp3) is 0.111. The third kappa shape index (κ3) is 1.58. The number of benzene rings is 1. The number of hydrogen-bond donors (Lipinski definition) is 1. The molecule has 0 aliphatic heterocycles. The SMILES string of the molecule is COc1ccccc1-n1cnc(S)n1. The molecule has 0 radical (unpaired) electrons. The third-order valence-corrected chi connectivity index (χ3v) is 2.02. The maximum atomic E-state index is 5.20. The van der Waals surface area contributed by atoms with Crippen molar-refractivity contribution in [2.24, 2.45) is 0 Å². The molecule has 0 unspecified atom stereocenters. The molecule has 0 spiro atoms. The van der Waals surface area contributed by atoms with Gasteiger partial charge in [-0.3, -0.25) is 0 Å². The third-order valence-electron chi connectivity index (χ3n) is 1.81. The molecule has 0 saturated heterocycles. The highest BCUT2D eigenvalue weighted by Gasteiger charge is 2.05. The van der Waals surface area contributed by atoms with Crippen LogP contribution in [0.4, 0.5) is 0 Å². The van der Waals surface area contributed by atoms with Crippen molar-refractivity contribution in [1.29, 1.82) is 0 Å². The van der Waals surface area contributed by atoms with Crippen molar-refractivity contribution < 1.29 is 4.74 Å². The Morgan fingerprint density at radius 2 is 2.14 bits per heavy atom. The molecule has 0 aliphatic carbocycles.